The van der Waals surface area contributed by atoms with E-state index in [1.54, 1.807) is 0 Å². The molecule has 0 aliphatic carbocycles. The topological polar surface area (TPSA) is 31.4 Å². The summed E-state index contributed by atoms with van der Waals surface area (Å²) >= 11 is 7.52. The fourth-order valence-electron chi connectivity index (χ4n) is 16.7. The van der Waals surface area contributed by atoms with Crippen LogP contribution in [-0.2, 0) is 0 Å². The second-order valence-electron chi connectivity index (χ2n) is 25.5. The third-order valence-corrected chi connectivity index (χ3v) is 22.0. The van der Waals surface area contributed by atoms with E-state index in [9.17, 15) is 0 Å². The van der Waals surface area contributed by atoms with Crippen molar-refractivity contribution >= 4 is 164 Å². The number of ether oxygens (including phenoxy) is 2. The molecular formula is C84H52B4Br2N4O2. The summed E-state index contributed by atoms with van der Waals surface area (Å²) in [5.41, 5.74) is 35.0. The summed E-state index contributed by atoms with van der Waals surface area (Å²) < 4.78 is 13.4. The van der Waals surface area contributed by atoms with E-state index in [4.69, 9.17) is 9.47 Å². The maximum atomic E-state index is 6.29. The number of hydrogen-bond donors (Lipinski definition) is 0. The van der Waals surface area contributed by atoms with Crippen LogP contribution in [0, 0.1) is 0 Å². The first kappa shape index (κ1) is 55.5. The Labute approximate surface area is 575 Å². The van der Waals surface area contributed by atoms with Crippen molar-refractivity contribution in [2.45, 2.75) is 0 Å². The van der Waals surface area contributed by atoms with Gasteiger partial charge in [-0.05, 0) is 151 Å². The van der Waals surface area contributed by atoms with Crippen LogP contribution in [-0.4, -0.2) is 25.9 Å². The lowest BCUT2D eigenvalue weighted by atomic mass is 9.32. The molecule has 8 aliphatic rings. The molecule has 0 aromatic heterocycles. The largest absolute Gasteiger partial charge is 0.453 e. The molecule has 0 unspecified atom stereocenters. The lowest BCUT2D eigenvalue weighted by Crippen LogP contribution is -2.67. The molecule has 0 bridgehead atoms. The molecule has 14 aromatic rings. The Morgan fingerprint density at radius 2 is 0.521 bits per heavy atom. The van der Waals surface area contributed by atoms with Crippen molar-refractivity contribution in [1.82, 2.24) is 0 Å². The highest BCUT2D eigenvalue weighted by molar-refractivity contribution is 9.25. The molecule has 0 radical (unpaired) electrons. The van der Waals surface area contributed by atoms with Crippen LogP contribution in [0.3, 0.4) is 0 Å². The SMILES string of the molecule is BrB1c2cccc3c2N2B(c4ccccc4-3)c3ccccc3-c3cccc1c32.Brc1ccc(N2c3ccccc3Oc3ccccc32)cc1.c1ccc2c(c1)Oc1ccccc1N2c1ccc(B2c3cccc4c3N3B(c5ccccc5-4)c4ccccc4-c4cccc2c43)cc1. The average molecular weight is 1350 g/mol. The predicted molar refractivity (Wildman–Crippen MR) is 411 cm³/mol. The van der Waals surface area contributed by atoms with Crippen LogP contribution in [0.4, 0.5) is 56.9 Å². The second-order valence-corrected chi connectivity index (χ2v) is 27.3. The van der Waals surface area contributed by atoms with Gasteiger partial charge in [-0.25, -0.2) is 0 Å². The molecule has 14 aromatic carbocycles. The number of anilines is 10. The predicted octanol–water partition coefficient (Wildman–Crippen LogP) is 16.4. The number of rotatable bonds is 3. The van der Waals surface area contributed by atoms with Crippen molar-refractivity contribution in [3.05, 3.63) is 320 Å². The fourth-order valence-corrected chi connectivity index (χ4v) is 17.7. The molecule has 0 saturated heterocycles. The van der Waals surface area contributed by atoms with E-state index in [0.717, 1.165) is 61.6 Å². The number of halogens is 2. The van der Waals surface area contributed by atoms with E-state index in [1.807, 2.05) is 60.7 Å². The van der Waals surface area contributed by atoms with Gasteiger partial charge in [-0.2, -0.15) is 0 Å². The minimum atomic E-state index is 0.102. The summed E-state index contributed by atoms with van der Waals surface area (Å²) in [4.78, 5) is 9.80. The highest BCUT2D eigenvalue weighted by Gasteiger charge is 2.50. The van der Waals surface area contributed by atoms with Crippen LogP contribution in [0.2, 0.25) is 0 Å². The van der Waals surface area contributed by atoms with Crippen molar-refractivity contribution in [3.8, 4) is 67.5 Å². The number of para-hydroxylation sites is 12. The molecule has 6 nitrogen and oxygen atoms in total. The van der Waals surface area contributed by atoms with Crippen molar-refractivity contribution in [2.24, 2.45) is 0 Å². The van der Waals surface area contributed by atoms with Crippen LogP contribution in [0.5, 0.6) is 23.0 Å². The molecule has 96 heavy (non-hydrogen) atoms. The number of benzene rings is 14. The molecule has 0 amide bonds. The highest BCUT2D eigenvalue weighted by Crippen LogP contribution is 2.53. The summed E-state index contributed by atoms with van der Waals surface area (Å²) in [6.07, 6.45) is 0. The van der Waals surface area contributed by atoms with Crippen LogP contribution in [0.25, 0.3) is 44.5 Å². The summed E-state index contributed by atoms with van der Waals surface area (Å²) in [7, 11) is 0. The van der Waals surface area contributed by atoms with E-state index in [2.05, 4.69) is 306 Å². The Morgan fingerprint density at radius 1 is 0.250 bits per heavy atom. The van der Waals surface area contributed by atoms with Gasteiger partial charge in [0.1, 0.15) is 0 Å². The Hall–Kier alpha value is -10.9. The Balaban J connectivity index is 0.000000109. The monoisotopic (exact) mass is 1350 g/mol. The van der Waals surface area contributed by atoms with Crippen molar-refractivity contribution < 1.29 is 9.47 Å². The Bertz CT molecular complexity index is 5290. The zero-order chi connectivity index (χ0) is 63.3. The van der Waals surface area contributed by atoms with Crippen molar-refractivity contribution in [2.75, 3.05) is 19.4 Å². The highest BCUT2D eigenvalue weighted by atomic mass is 79.9. The number of fused-ring (bicyclic) bond motifs is 16. The van der Waals surface area contributed by atoms with Crippen molar-refractivity contribution in [1.29, 1.82) is 0 Å². The summed E-state index contributed by atoms with van der Waals surface area (Å²) in [6.45, 7) is 0.454. The first-order valence-electron chi connectivity index (χ1n) is 32.8. The van der Waals surface area contributed by atoms with Gasteiger partial charge in [0.25, 0.3) is 5.54 Å². The third-order valence-electron chi connectivity index (χ3n) is 20.5. The maximum Gasteiger partial charge on any atom is 0.329 e. The van der Waals surface area contributed by atoms with E-state index >= 15 is 0 Å². The van der Waals surface area contributed by atoms with Crippen LogP contribution in [0.15, 0.2) is 320 Å². The van der Waals surface area contributed by atoms with Crippen LogP contribution >= 0.6 is 31.7 Å². The maximum absolute atomic E-state index is 6.29. The van der Waals surface area contributed by atoms with Gasteiger partial charge in [0.15, 0.2) is 23.0 Å². The quantitative estimate of drug-likeness (QED) is 0.164. The molecule has 0 spiro atoms. The number of nitrogens with zero attached hydrogens (tertiary/aromatic N) is 4. The summed E-state index contributed by atoms with van der Waals surface area (Å²) in [6, 6.07) is 114. The van der Waals surface area contributed by atoms with E-state index < -0.39 is 0 Å². The molecule has 0 fully saturated rings. The minimum Gasteiger partial charge on any atom is -0.453 e. The smallest absolute Gasteiger partial charge is 0.329 e. The van der Waals surface area contributed by atoms with Crippen molar-refractivity contribution in [3.63, 3.8) is 0 Å². The van der Waals surface area contributed by atoms with Crippen LogP contribution in [0.1, 0.15) is 0 Å². The standard InChI is InChI=1S/C42H26B2N2O.C24H14B2BrN.C18H12BrNO/c1-3-15-33-29(11-1)31-13-9-17-35-41(31)46-42-32(30-12-2-4-16-34(30)44(33)46)14-10-18-36(42)43(35)27-23-25-28(26-24-27)45-37-19-5-7-21-39(37)47-40-22-8-6-20-38(40)45;27-25-21-13-5-9-17-15-7-1-3-11-19(15)26-20-12-4-2-8-16(20)18-10-6-14-22(25)24(18)28(26)23(17)21;19-13-9-11-14(12-10-13)20-15-5-1-3-7-17(15)21-18-8-4-2-6-16(18)20/h1-26H;1-14H;1-12H. The zero-order valence-electron chi connectivity index (χ0n) is 51.7. The van der Waals surface area contributed by atoms with Gasteiger partial charge in [0.2, 0.25) is 6.71 Å². The normalized spacial score (nSPS) is 13.7. The fraction of sp³-hybridized carbons (Fsp3) is 0. The van der Waals surface area contributed by atoms with Gasteiger partial charge in [0, 0.05) is 60.9 Å². The van der Waals surface area contributed by atoms with E-state index in [1.165, 1.54) is 116 Å². The molecule has 0 saturated carbocycles. The molecule has 8 aliphatic heterocycles. The van der Waals surface area contributed by atoms with Crippen LogP contribution < -0.4 is 78.1 Å². The van der Waals surface area contributed by atoms with Gasteiger partial charge in [-0.15, -0.1) is 15.8 Å². The lowest BCUT2D eigenvalue weighted by molar-refractivity contribution is 0.477. The Morgan fingerprint density at radius 3 is 0.875 bits per heavy atom. The molecule has 12 heteroatoms. The second kappa shape index (κ2) is 21.8. The van der Waals surface area contributed by atoms with Gasteiger partial charge in [-0.1, -0.05) is 252 Å². The summed E-state index contributed by atoms with van der Waals surface area (Å²) in [5, 5.41) is 0. The zero-order valence-corrected chi connectivity index (χ0v) is 54.9. The number of hydrogen-bond acceptors (Lipinski definition) is 6. The minimum absolute atomic E-state index is 0.102. The van der Waals surface area contributed by atoms with Gasteiger partial charge in [0.05, 0.1) is 22.7 Å². The third kappa shape index (κ3) is 8.22. The van der Waals surface area contributed by atoms with E-state index in [-0.39, 0.29) is 25.9 Å². The Kier molecular flexibility index (Phi) is 12.6. The van der Waals surface area contributed by atoms with Gasteiger partial charge >= 0.3 is 13.7 Å². The average Bonchev–Trinajstić information content (AvgIpc) is 0.703. The molecular weight excluding hydrogens is 1300 g/mol. The molecule has 446 valence electrons. The molecule has 0 N–H and O–H groups in total. The van der Waals surface area contributed by atoms with E-state index in [0.29, 0.717) is 0 Å². The molecule has 0 atom stereocenters. The van der Waals surface area contributed by atoms with Gasteiger partial charge in [-0.3, -0.25) is 0 Å². The lowest BCUT2D eigenvalue weighted by Gasteiger charge is -2.49. The molecule has 8 heterocycles. The van der Waals surface area contributed by atoms with Gasteiger partial charge < -0.3 is 28.9 Å². The summed E-state index contributed by atoms with van der Waals surface area (Å²) in [5.74, 6) is 3.48. The first-order valence-corrected chi connectivity index (χ1v) is 34.5. The molecule has 22 rings (SSSR count). The first-order chi connectivity index (χ1) is 47.5.